The number of aliphatic hydroxyl groups is 5. The molecule has 4 atom stereocenters. The van der Waals surface area contributed by atoms with Gasteiger partial charge in [0.25, 0.3) is 40.1 Å². The van der Waals surface area contributed by atoms with Gasteiger partial charge in [-0.05, 0) is 237 Å². The van der Waals surface area contributed by atoms with Gasteiger partial charge in [0.05, 0.1) is 110 Å². The van der Waals surface area contributed by atoms with Gasteiger partial charge in [0.1, 0.15) is 9.84 Å². The van der Waals surface area contributed by atoms with E-state index >= 15 is 0 Å². The van der Waals surface area contributed by atoms with Crippen molar-refractivity contribution in [3.8, 4) is 0 Å². The molecule has 0 amide bonds. The number of hydrogen-bond donors (Lipinski definition) is 5. The van der Waals surface area contributed by atoms with E-state index in [4.69, 9.17) is 14.2 Å². The molecule has 16 rings (SSSR count). The number of nitrogens with zero attached hydrogens (tertiary/aromatic N) is 8. The third-order valence-corrected chi connectivity index (χ3v) is 36.1. The van der Waals surface area contributed by atoms with Crippen LogP contribution < -0.4 is 36.8 Å². The van der Waals surface area contributed by atoms with Gasteiger partial charge in [0.2, 0.25) is 0 Å². The SMILES string of the molecule is CCc1ccc(N(CC(C)C)S(=O)(=O)c2ccc3c(c2)C(O)CCN3CC2(C)COC2)cc1.CCc1ccc(N(CC(C)C)S(=O)(=O)c2ccc3c(c2)C(O)CCN3CC2(O)CCOCC2)cc1.CCc1ccc(N(CC(C)C)S(=O)(=O)c2ccc3c(c2)C(O)CCN3CC2CCS(=O)(=O)CC2)cc1.CCc1ccc(N(CC(C)C)S(=O)(=O)c2ccc3c(c2)C(O)CCN3CC2COC2)cc1. The maximum atomic E-state index is 13.8. The molecule has 8 heterocycles. The Morgan fingerprint density at radius 3 is 0.897 bits per heavy atom. The first-order chi connectivity index (χ1) is 64.5. The fourth-order valence-corrected chi connectivity index (χ4v) is 27.4. The van der Waals surface area contributed by atoms with Gasteiger partial charge in [-0.25, -0.2) is 42.1 Å². The molecule has 31 heteroatoms. The molecule has 744 valence electrons. The van der Waals surface area contributed by atoms with Crippen molar-refractivity contribution in [2.75, 3.05) is 167 Å². The molecule has 0 aromatic heterocycles. The normalized spacial score (nSPS) is 19.8. The van der Waals surface area contributed by atoms with Crippen molar-refractivity contribution in [2.24, 2.45) is 40.9 Å². The third kappa shape index (κ3) is 25.3. The largest absolute Gasteiger partial charge is 0.388 e. The van der Waals surface area contributed by atoms with E-state index in [1.807, 2.05) is 165 Å². The molecule has 0 radical (unpaired) electrons. The molecule has 8 aliphatic heterocycles. The molecule has 8 aromatic carbocycles. The minimum Gasteiger partial charge on any atom is -0.388 e. The molecule has 0 spiro atoms. The van der Waals surface area contributed by atoms with Gasteiger partial charge in [0, 0.05) is 161 Å². The maximum absolute atomic E-state index is 13.8. The second-order valence-electron chi connectivity index (χ2n) is 40.3. The Balaban J connectivity index is 0.000000154. The summed E-state index contributed by atoms with van der Waals surface area (Å²) in [4.78, 5) is 9.55. The number of aryl methyl sites for hydroxylation is 4. The first kappa shape index (κ1) is 105. The minimum atomic E-state index is -3.85. The first-order valence-electron chi connectivity index (χ1n) is 49.0. The van der Waals surface area contributed by atoms with Crippen LogP contribution >= 0.6 is 0 Å². The second-order valence-corrected chi connectivity index (χ2v) is 50.0. The number of benzene rings is 8. The first-order valence-corrected chi connectivity index (χ1v) is 56.5. The summed E-state index contributed by atoms with van der Waals surface area (Å²) >= 11 is 0. The zero-order valence-corrected chi connectivity index (χ0v) is 85.8. The quantitative estimate of drug-likeness (QED) is 0.0261. The van der Waals surface area contributed by atoms with Crippen LogP contribution in [0.3, 0.4) is 0 Å². The number of β-amino-alcohol motifs (C(OH)–C–C–N with tert-alkyl or cyclic N) is 1. The summed E-state index contributed by atoms with van der Waals surface area (Å²) in [6.45, 7) is 37.7. The predicted molar refractivity (Wildman–Crippen MR) is 543 cm³/mol. The zero-order valence-electron chi connectivity index (χ0n) is 81.7. The minimum absolute atomic E-state index is 0.100. The van der Waals surface area contributed by atoms with Crippen molar-refractivity contribution in [2.45, 2.75) is 217 Å². The molecule has 136 heavy (non-hydrogen) atoms. The van der Waals surface area contributed by atoms with Crippen molar-refractivity contribution in [3.05, 3.63) is 214 Å². The highest BCUT2D eigenvalue weighted by molar-refractivity contribution is 7.94. The highest BCUT2D eigenvalue weighted by atomic mass is 32.2. The van der Waals surface area contributed by atoms with Crippen molar-refractivity contribution < 1.29 is 81.8 Å². The molecule has 0 bridgehead atoms. The summed E-state index contributed by atoms with van der Waals surface area (Å²) in [7, 11) is -18.2. The lowest BCUT2D eigenvalue weighted by Gasteiger charge is -2.44. The van der Waals surface area contributed by atoms with E-state index in [2.05, 4.69) is 54.2 Å². The molecule has 8 aliphatic rings. The lowest BCUT2D eigenvalue weighted by Crippen LogP contribution is -2.50. The monoisotopic (exact) mass is 1970 g/mol. The fraction of sp³-hybridized carbons (Fsp3) is 0.543. The van der Waals surface area contributed by atoms with Crippen molar-refractivity contribution in [1.82, 2.24) is 0 Å². The fourth-order valence-electron chi connectivity index (χ4n) is 19.1. The van der Waals surface area contributed by atoms with Crippen LogP contribution in [-0.2, 0) is 89.8 Å². The molecule has 8 aromatic rings. The number of sulfone groups is 1. The number of ether oxygens (including phenoxy) is 3. The Bertz CT molecular complexity index is 5930. The van der Waals surface area contributed by atoms with E-state index in [0.29, 0.717) is 168 Å². The molecule has 4 unspecified atom stereocenters. The van der Waals surface area contributed by atoms with Crippen molar-refractivity contribution >= 4 is 95.4 Å². The van der Waals surface area contributed by atoms with Crippen LogP contribution in [0.1, 0.15) is 210 Å². The van der Waals surface area contributed by atoms with Gasteiger partial charge in [-0.1, -0.05) is 139 Å². The van der Waals surface area contributed by atoms with Crippen LogP contribution in [-0.4, -0.2) is 203 Å². The van der Waals surface area contributed by atoms with Gasteiger partial charge < -0.3 is 59.3 Å². The number of anilines is 8. The average Bonchev–Trinajstić information content (AvgIpc) is 0.769. The maximum Gasteiger partial charge on any atom is 0.264 e. The highest BCUT2D eigenvalue weighted by Gasteiger charge is 2.42. The van der Waals surface area contributed by atoms with E-state index in [1.54, 1.807) is 60.7 Å². The van der Waals surface area contributed by atoms with E-state index in [9.17, 15) is 67.6 Å². The van der Waals surface area contributed by atoms with Crippen molar-refractivity contribution in [1.29, 1.82) is 0 Å². The van der Waals surface area contributed by atoms with Gasteiger partial charge >= 0.3 is 0 Å². The summed E-state index contributed by atoms with van der Waals surface area (Å²) in [5, 5.41) is 54.0. The Hall–Kier alpha value is -8.41. The zero-order chi connectivity index (χ0) is 98.0. The summed E-state index contributed by atoms with van der Waals surface area (Å²) < 4.78 is 156. The topological polar surface area (TPSA) is 325 Å². The van der Waals surface area contributed by atoms with Crippen LogP contribution in [0.4, 0.5) is 45.5 Å². The molecule has 26 nitrogen and oxygen atoms in total. The summed E-state index contributed by atoms with van der Waals surface area (Å²) in [6, 6.07) is 51.3. The molecular weight excluding hydrogens is 1820 g/mol. The molecule has 0 aliphatic carbocycles. The van der Waals surface area contributed by atoms with Crippen LogP contribution in [0.15, 0.2) is 189 Å². The summed E-state index contributed by atoms with van der Waals surface area (Å²) in [5.74, 6) is 1.81. The van der Waals surface area contributed by atoms with E-state index in [0.717, 1.165) is 112 Å². The highest BCUT2D eigenvalue weighted by Crippen LogP contribution is 2.45. The predicted octanol–water partition coefficient (Wildman–Crippen LogP) is 16.4. The molecular formula is C105H146N8O18S5. The Morgan fingerprint density at radius 2 is 0.640 bits per heavy atom. The molecule has 4 fully saturated rings. The van der Waals surface area contributed by atoms with Crippen LogP contribution in [0.25, 0.3) is 0 Å². The van der Waals surface area contributed by atoms with E-state index in [-0.39, 0.29) is 66.1 Å². The van der Waals surface area contributed by atoms with Crippen molar-refractivity contribution in [3.63, 3.8) is 0 Å². The van der Waals surface area contributed by atoms with Crippen LogP contribution in [0.2, 0.25) is 0 Å². The number of hydrogen-bond acceptors (Lipinski definition) is 22. The summed E-state index contributed by atoms with van der Waals surface area (Å²) in [6.07, 6.45) is 5.36. The molecule has 5 N–H and O–H groups in total. The average molecular weight is 1970 g/mol. The Kier molecular flexibility index (Phi) is 34.7. The lowest BCUT2D eigenvalue weighted by atomic mass is 9.86. The number of aliphatic hydroxyl groups excluding tert-OH is 4. The summed E-state index contributed by atoms with van der Waals surface area (Å²) in [5.41, 5.74) is 12.6. The lowest BCUT2D eigenvalue weighted by molar-refractivity contribution is -0.0959. The molecule has 0 saturated carbocycles. The number of sulfonamides is 4. The van der Waals surface area contributed by atoms with E-state index < -0.39 is 79.9 Å². The molecule has 4 saturated heterocycles. The van der Waals surface area contributed by atoms with Crippen LogP contribution in [0.5, 0.6) is 0 Å². The smallest absolute Gasteiger partial charge is 0.264 e. The number of rotatable bonds is 32. The van der Waals surface area contributed by atoms with Gasteiger partial charge in [-0.2, -0.15) is 0 Å². The standard InChI is InChI=1S/C27H38N2O5S2.C27H38N2O5S.C26H36N2O4S.C25H34N2O4S/c1-4-21-5-7-23(8-6-21)29(18-20(2)3)36(33,34)24-9-10-26-25(17-24)27(30)11-14-28(26)19-22-12-15-35(31,32)16-13-22;1-4-21-5-7-22(8-6-21)29(18-20(2)3)35(32,33)23-9-10-25-24(17-23)26(30)11-14-28(25)19-27(31)12-15-34-16-13-27;1-5-20-6-8-21(9-7-20)28(15-19(2)3)33(30,31)22-10-11-24-23(14-22)25(29)12-13-27(24)16-26(4)17-32-18-26;1-4-19-5-7-21(8-6-19)27(14-18(2)3)32(29,30)22-9-10-24-23(13-22)25(28)11-12-26(24)15-20-16-31-17-20/h5-10,17,20,22,27,30H,4,11-16,18-19H2,1-3H3;5-10,17,20,26,30-31H,4,11-16,18-19H2,1-3H3;6-11,14,19,25,29H,5,12-13,15-18H2,1-4H3;5-10,13,18,20,25,28H,4,11-12,14-17H2,1-3H3. The van der Waals surface area contributed by atoms with Crippen LogP contribution in [0, 0.1) is 40.9 Å². The van der Waals surface area contributed by atoms with E-state index in [1.165, 1.54) is 28.3 Å². The Morgan fingerprint density at radius 1 is 0.368 bits per heavy atom. The van der Waals surface area contributed by atoms with Gasteiger partial charge in [0.15, 0.2) is 0 Å². The third-order valence-electron chi connectivity index (χ3n) is 27.2. The number of fused-ring (bicyclic) bond motifs is 4. The second kappa shape index (κ2) is 45.0. The Labute approximate surface area is 810 Å². The van der Waals surface area contributed by atoms with Gasteiger partial charge in [-0.3, -0.25) is 17.2 Å². The van der Waals surface area contributed by atoms with Gasteiger partial charge in [-0.15, -0.1) is 0 Å².